The van der Waals surface area contributed by atoms with E-state index in [2.05, 4.69) is 10.2 Å². The fourth-order valence-corrected chi connectivity index (χ4v) is 2.47. The van der Waals surface area contributed by atoms with Crippen LogP contribution in [0.3, 0.4) is 0 Å². The minimum absolute atomic E-state index is 0.0935. The molecule has 2 aromatic rings. The maximum Gasteiger partial charge on any atom is 0.359 e. The first-order valence-corrected chi connectivity index (χ1v) is 7.75. The maximum absolute atomic E-state index is 13.6. The van der Waals surface area contributed by atoms with Crippen LogP contribution in [0.1, 0.15) is 25.3 Å². The van der Waals surface area contributed by atoms with Crippen LogP contribution in [0.2, 0.25) is 0 Å². The molecule has 0 radical (unpaired) electrons. The topological polar surface area (TPSA) is 51.0 Å². The van der Waals surface area contributed by atoms with Crippen LogP contribution >= 0.6 is 0 Å². The van der Waals surface area contributed by atoms with Crippen molar-refractivity contribution in [3.8, 4) is 18.1 Å². The Kier molecular flexibility index (Phi) is 4.03. The Balaban J connectivity index is 1.78. The summed E-state index contributed by atoms with van der Waals surface area (Å²) in [6.45, 7) is 2.99. The van der Waals surface area contributed by atoms with Gasteiger partial charge >= 0.3 is 5.92 Å². The van der Waals surface area contributed by atoms with E-state index in [9.17, 15) is 13.6 Å². The summed E-state index contributed by atoms with van der Waals surface area (Å²) in [7, 11) is 0. The first-order valence-electron chi connectivity index (χ1n) is 7.75. The molecule has 1 aliphatic rings. The predicted molar refractivity (Wildman–Crippen MR) is 89.9 cm³/mol. The fourth-order valence-electron chi connectivity index (χ4n) is 2.47. The van der Waals surface area contributed by atoms with Gasteiger partial charge in [-0.25, -0.2) is 0 Å². The summed E-state index contributed by atoms with van der Waals surface area (Å²) in [5.74, 6) is -1.73. The summed E-state index contributed by atoms with van der Waals surface area (Å²) >= 11 is 0. The van der Waals surface area contributed by atoms with E-state index in [1.807, 2.05) is 31.2 Å². The third kappa shape index (κ3) is 3.10. The van der Waals surface area contributed by atoms with Crippen molar-refractivity contribution in [2.75, 3.05) is 6.61 Å². The first kappa shape index (κ1) is 17.0. The number of fused-ring (bicyclic) bond motifs is 1. The van der Waals surface area contributed by atoms with Gasteiger partial charge in [0.1, 0.15) is 18.1 Å². The predicted octanol–water partition coefficient (Wildman–Crippen LogP) is 4.34. The van der Waals surface area contributed by atoms with Crippen LogP contribution in [0.5, 0.6) is 5.75 Å². The number of carbonyl (C=O) groups is 1. The van der Waals surface area contributed by atoms with Crippen molar-refractivity contribution in [1.82, 2.24) is 0 Å². The van der Waals surface area contributed by atoms with E-state index < -0.39 is 18.2 Å². The number of benzene rings is 2. The van der Waals surface area contributed by atoms with E-state index in [4.69, 9.17) is 11.2 Å². The molecule has 128 valence electrons. The molecule has 3 rings (SSSR count). The number of ether oxygens (including phenoxy) is 1. The molecule has 0 spiro atoms. The van der Waals surface area contributed by atoms with Gasteiger partial charge in [0, 0.05) is 5.92 Å². The molecule has 2 aromatic carbocycles. The Labute approximate surface area is 143 Å². The summed E-state index contributed by atoms with van der Waals surface area (Å²) in [5, 5.41) is 8.56. The summed E-state index contributed by atoms with van der Waals surface area (Å²) < 4.78 is 32.6. The van der Waals surface area contributed by atoms with Gasteiger partial charge in [0.05, 0.1) is 0 Å². The second-order valence-electron chi connectivity index (χ2n) is 6.12. The van der Waals surface area contributed by atoms with Crippen LogP contribution in [-0.2, 0) is 4.79 Å². The molecule has 0 bridgehead atoms. The van der Waals surface area contributed by atoms with Crippen molar-refractivity contribution in [3.05, 3.63) is 42.0 Å². The second-order valence-corrected chi connectivity index (χ2v) is 6.12. The standard InChI is InChI=1S/C19H16F2N2O2/c1-4-18(20,21)19(22-23-19)11-25-17-8-7-15-9-14(12(2)13(3)24)5-6-16(15)10-17/h1,5-10,12H,11H2,2-3H3/t12-/m1/s1. The van der Waals surface area contributed by atoms with E-state index in [0.29, 0.717) is 5.75 Å². The molecule has 6 heteroatoms. The van der Waals surface area contributed by atoms with Crippen LogP contribution in [-0.4, -0.2) is 24.0 Å². The SMILES string of the molecule is C#CC(F)(F)C1(COc2ccc3cc([C@H](C)C(C)=O)ccc3c2)N=N1. The summed E-state index contributed by atoms with van der Waals surface area (Å²) in [6, 6.07) is 10.9. The van der Waals surface area contributed by atoms with Crippen LogP contribution in [0.4, 0.5) is 8.78 Å². The van der Waals surface area contributed by atoms with Crippen LogP contribution in [0.15, 0.2) is 46.6 Å². The molecule has 0 N–H and O–H groups in total. The largest absolute Gasteiger partial charge is 0.489 e. The lowest BCUT2D eigenvalue weighted by atomic mass is 9.95. The van der Waals surface area contributed by atoms with Gasteiger partial charge < -0.3 is 4.74 Å². The first-order chi connectivity index (χ1) is 11.8. The lowest BCUT2D eigenvalue weighted by molar-refractivity contribution is -0.118. The molecule has 25 heavy (non-hydrogen) atoms. The molecule has 0 saturated heterocycles. The summed E-state index contributed by atoms with van der Waals surface area (Å²) in [5.41, 5.74) is -1.05. The van der Waals surface area contributed by atoms with Crippen molar-refractivity contribution < 1.29 is 18.3 Å². The number of nitrogens with zero attached hydrogens (tertiary/aromatic N) is 2. The number of carbonyl (C=O) groups excluding carboxylic acids is 1. The van der Waals surface area contributed by atoms with Gasteiger partial charge in [0.2, 0.25) is 0 Å². The quantitative estimate of drug-likeness (QED) is 0.733. The highest BCUT2D eigenvalue weighted by Crippen LogP contribution is 2.43. The molecule has 0 aromatic heterocycles. The van der Waals surface area contributed by atoms with Crippen molar-refractivity contribution in [2.24, 2.45) is 10.2 Å². The third-order valence-electron chi connectivity index (χ3n) is 4.41. The zero-order valence-electron chi connectivity index (χ0n) is 13.8. The zero-order valence-corrected chi connectivity index (χ0v) is 13.8. The Bertz CT molecular complexity index is 909. The van der Waals surface area contributed by atoms with Gasteiger partial charge in [-0.1, -0.05) is 31.2 Å². The Morgan fingerprint density at radius 2 is 1.92 bits per heavy atom. The number of rotatable bonds is 6. The van der Waals surface area contributed by atoms with Gasteiger partial charge in [-0.05, 0) is 41.3 Å². The highest BCUT2D eigenvalue weighted by Gasteiger charge is 2.62. The van der Waals surface area contributed by atoms with E-state index in [1.54, 1.807) is 19.1 Å². The average Bonchev–Trinajstić information content (AvgIpc) is 3.40. The molecule has 1 atom stereocenters. The number of hydrogen-bond acceptors (Lipinski definition) is 4. The summed E-state index contributed by atoms with van der Waals surface area (Å²) in [4.78, 5) is 11.5. The molecule has 4 nitrogen and oxygen atoms in total. The molecular weight excluding hydrogens is 326 g/mol. The molecular formula is C19H16F2N2O2. The highest BCUT2D eigenvalue weighted by atomic mass is 19.3. The van der Waals surface area contributed by atoms with Gasteiger partial charge in [-0.15, -0.1) is 16.7 Å². The van der Waals surface area contributed by atoms with Gasteiger partial charge in [-0.2, -0.15) is 8.78 Å². The lowest BCUT2D eigenvalue weighted by Crippen LogP contribution is -2.40. The van der Waals surface area contributed by atoms with Crippen LogP contribution in [0.25, 0.3) is 10.8 Å². The van der Waals surface area contributed by atoms with Crippen molar-refractivity contribution in [3.63, 3.8) is 0 Å². The minimum atomic E-state index is -3.47. The normalized spacial score (nSPS) is 16.3. The van der Waals surface area contributed by atoms with E-state index in [0.717, 1.165) is 16.3 Å². The number of Topliss-reactive ketones (excluding diaryl/α,β-unsaturated/α-hetero) is 1. The molecule has 0 amide bonds. The Morgan fingerprint density at radius 3 is 2.52 bits per heavy atom. The molecule has 1 aliphatic heterocycles. The Hall–Kier alpha value is -2.81. The van der Waals surface area contributed by atoms with E-state index in [1.165, 1.54) is 5.92 Å². The lowest BCUT2D eigenvalue weighted by Gasteiger charge is -2.17. The molecule has 0 aliphatic carbocycles. The molecule has 0 unspecified atom stereocenters. The van der Waals surface area contributed by atoms with Crippen LogP contribution in [0, 0.1) is 12.3 Å². The number of hydrogen-bond donors (Lipinski definition) is 0. The molecule has 1 heterocycles. The second kappa shape index (κ2) is 5.92. The average molecular weight is 342 g/mol. The van der Waals surface area contributed by atoms with Gasteiger partial charge in [-0.3, -0.25) is 4.79 Å². The monoisotopic (exact) mass is 342 g/mol. The Morgan fingerprint density at radius 1 is 1.28 bits per heavy atom. The number of ketones is 1. The number of alkyl halides is 2. The van der Waals surface area contributed by atoms with Crippen molar-refractivity contribution in [2.45, 2.75) is 31.4 Å². The molecule has 0 fully saturated rings. The number of terminal acetylenes is 1. The smallest absolute Gasteiger partial charge is 0.359 e. The zero-order chi connectivity index (χ0) is 18.2. The fraction of sp³-hybridized carbons (Fsp3) is 0.316. The van der Waals surface area contributed by atoms with Gasteiger partial charge in [0.25, 0.3) is 5.66 Å². The van der Waals surface area contributed by atoms with E-state index >= 15 is 0 Å². The van der Waals surface area contributed by atoms with Gasteiger partial charge in [0.15, 0.2) is 0 Å². The van der Waals surface area contributed by atoms with Crippen molar-refractivity contribution >= 4 is 16.6 Å². The minimum Gasteiger partial charge on any atom is -0.489 e. The molecule has 0 saturated carbocycles. The number of halogens is 2. The summed E-state index contributed by atoms with van der Waals surface area (Å²) in [6.07, 6.45) is 4.84. The van der Waals surface area contributed by atoms with E-state index in [-0.39, 0.29) is 11.7 Å². The third-order valence-corrected chi connectivity index (χ3v) is 4.41. The van der Waals surface area contributed by atoms with Crippen molar-refractivity contribution in [1.29, 1.82) is 0 Å². The van der Waals surface area contributed by atoms with Crippen LogP contribution < -0.4 is 4.74 Å². The highest BCUT2D eigenvalue weighted by molar-refractivity contribution is 5.88. The maximum atomic E-state index is 13.6.